The molecule has 1 aliphatic heterocycles. The summed E-state index contributed by atoms with van der Waals surface area (Å²) in [5.41, 5.74) is 0. The molecule has 0 aromatic rings. The molecule has 1 heterocycles. The second-order valence-electron chi connectivity index (χ2n) is 3.95. The number of hydrogen-bond donors (Lipinski definition) is 1. The van der Waals surface area contributed by atoms with Crippen LogP contribution in [0.15, 0.2) is 0 Å². The SMILES string of the molecule is CNC(CCCC(F)(F)F)C1CCCS1. The van der Waals surface area contributed by atoms with Crippen LogP contribution in [-0.4, -0.2) is 30.3 Å². The van der Waals surface area contributed by atoms with Crippen LogP contribution < -0.4 is 5.32 Å². The predicted octanol–water partition coefficient (Wildman–Crippen LogP) is 3.20. The maximum atomic E-state index is 12.0. The smallest absolute Gasteiger partial charge is 0.316 e. The van der Waals surface area contributed by atoms with Crippen molar-refractivity contribution < 1.29 is 13.2 Å². The Hall–Kier alpha value is 0.100. The van der Waals surface area contributed by atoms with Gasteiger partial charge in [-0.15, -0.1) is 0 Å². The van der Waals surface area contributed by atoms with E-state index in [1.54, 1.807) is 0 Å². The van der Waals surface area contributed by atoms with E-state index in [2.05, 4.69) is 5.32 Å². The minimum absolute atomic E-state index is 0.242. The van der Waals surface area contributed by atoms with Gasteiger partial charge in [-0.25, -0.2) is 0 Å². The average molecular weight is 241 g/mol. The van der Waals surface area contributed by atoms with Crippen LogP contribution in [0.1, 0.15) is 32.1 Å². The van der Waals surface area contributed by atoms with Crippen LogP contribution in [0, 0.1) is 0 Å². The van der Waals surface area contributed by atoms with Crippen molar-refractivity contribution in [2.45, 2.75) is 49.6 Å². The first kappa shape index (κ1) is 13.2. The molecule has 2 atom stereocenters. The third-order valence-electron chi connectivity index (χ3n) is 2.76. The van der Waals surface area contributed by atoms with Crippen molar-refractivity contribution in [2.24, 2.45) is 0 Å². The number of nitrogens with one attached hydrogen (secondary N) is 1. The summed E-state index contributed by atoms with van der Waals surface area (Å²) in [7, 11) is 1.84. The molecule has 2 unspecified atom stereocenters. The van der Waals surface area contributed by atoms with Crippen LogP contribution in [0.25, 0.3) is 0 Å². The maximum Gasteiger partial charge on any atom is 0.389 e. The van der Waals surface area contributed by atoms with E-state index in [9.17, 15) is 13.2 Å². The van der Waals surface area contributed by atoms with Gasteiger partial charge in [-0.05, 0) is 38.5 Å². The van der Waals surface area contributed by atoms with Crippen LogP contribution >= 0.6 is 11.8 Å². The lowest BCUT2D eigenvalue weighted by Crippen LogP contribution is -2.34. The Bertz CT molecular complexity index is 178. The van der Waals surface area contributed by atoms with Crippen LogP contribution in [0.5, 0.6) is 0 Å². The number of rotatable bonds is 5. The number of halogens is 3. The molecular weight excluding hydrogens is 223 g/mol. The fourth-order valence-corrected chi connectivity index (χ4v) is 3.43. The van der Waals surface area contributed by atoms with Gasteiger partial charge in [0, 0.05) is 17.7 Å². The summed E-state index contributed by atoms with van der Waals surface area (Å²) in [5, 5.41) is 3.66. The Balaban J connectivity index is 2.21. The number of alkyl halides is 3. The lowest BCUT2D eigenvalue weighted by atomic mass is 10.0. The van der Waals surface area contributed by atoms with Crippen molar-refractivity contribution in [1.82, 2.24) is 5.32 Å². The zero-order chi connectivity index (χ0) is 11.3. The van der Waals surface area contributed by atoms with Crippen molar-refractivity contribution in [2.75, 3.05) is 12.8 Å². The zero-order valence-electron chi connectivity index (χ0n) is 8.94. The van der Waals surface area contributed by atoms with Gasteiger partial charge in [0.15, 0.2) is 0 Å². The third kappa shape index (κ3) is 5.11. The van der Waals surface area contributed by atoms with Crippen molar-refractivity contribution in [1.29, 1.82) is 0 Å². The number of hydrogen-bond acceptors (Lipinski definition) is 2. The van der Waals surface area contributed by atoms with E-state index in [4.69, 9.17) is 0 Å². The quantitative estimate of drug-likeness (QED) is 0.793. The largest absolute Gasteiger partial charge is 0.389 e. The normalized spacial score (nSPS) is 24.4. The molecule has 90 valence electrons. The molecule has 1 aliphatic rings. The summed E-state index contributed by atoms with van der Waals surface area (Å²) in [6, 6.07) is 0.250. The first-order valence-corrected chi connectivity index (χ1v) is 6.43. The lowest BCUT2D eigenvalue weighted by Gasteiger charge is -2.22. The molecule has 1 fully saturated rings. The van der Waals surface area contributed by atoms with E-state index in [1.807, 2.05) is 18.8 Å². The molecular formula is C10H18F3NS. The molecule has 0 aromatic heterocycles. The van der Waals surface area contributed by atoms with Crippen LogP contribution in [0.4, 0.5) is 13.2 Å². The molecule has 0 saturated carbocycles. The molecule has 0 radical (unpaired) electrons. The summed E-state index contributed by atoms with van der Waals surface area (Å²) < 4.78 is 35.9. The highest BCUT2D eigenvalue weighted by Crippen LogP contribution is 2.31. The lowest BCUT2D eigenvalue weighted by molar-refractivity contribution is -0.135. The Labute approximate surface area is 93.2 Å². The van der Waals surface area contributed by atoms with Crippen molar-refractivity contribution in [3.8, 4) is 0 Å². The Morgan fingerprint density at radius 3 is 2.67 bits per heavy atom. The standard InChI is InChI=1S/C10H18F3NS/c1-14-8(9-5-3-7-15-9)4-2-6-10(11,12)13/h8-9,14H,2-7H2,1H3. The molecule has 0 aromatic carbocycles. The molecule has 0 bridgehead atoms. The maximum absolute atomic E-state index is 12.0. The topological polar surface area (TPSA) is 12.0 Å². The second-order valence-corrected chi connectivity index (χ2v) is 5.30. The molecule has 1 nitrogen and oxygen atoms in total. The zero-order valence-corrected chi connectivity index (χ0v) is 9.76. The van der Waals surface area contributed by atoms with E-state index in [0.717, 1.165) is 12.2 Å². The van der Waals surface area contributed by atoms with Crippen molar-refractivity contribution in [3.63, 3.8) is 0 Å². The molecule has 1 rings (SSSR count). The van der Waals surface area contributed by atoms with E-state index >= 15 is 0 Å². The summed E-state index contributed by atoms with van der Waals surface area (Å²) >= 11 is 1.89. The monoisotopic (exact) mass is 241 g/mol. The van der Waals surface area contributed by atoms with Gasteiger partial charge in [-0.3, -0.25) is 0 Å². The van der Waals surface area contributed by atoms with Gasteiger partial charge in [-0.2, -0.15) is 24.9 Å². The highest BCUT2D eigenvalue weighted by atomic mass is 32.2. The van der Waals surface area contributed by atoms with Gasteiger partial charge < -0.3 is 5.32 Å². The third-order valence-corrected chi connectivity index (χ3v) is 4.28. The fourth-order valence-electron chi connectivity index (χ4n) is 1.96. The Morgan fingerprint density at radius 1 is 1.47 bits per heavy atom. The highest BCUT2D eigenvalue weighted by molar-refractivity contribution is 8.00. The molecule has 0 amide bonds. The molecule has 1 saturated heterocycles. The van der Waals surface area contributed by atoms with Gasteiger partial charge in [-0.1, -0.05) is 0 Å². The summed E-state index contributed by atoms with van der Waals surface area (Å²) in [6.07, 6.45) is -1.43. The fraction of sp³-hybridized carbons (Fsp3) is 1.00. The summed E-state index contributed by atoms with van der Waals surface area (Å²) in [5.74, 6) is 1.15. The Kier molecular flexibility index (Phi) is 5.26. The first-order valence-electron chi connectivity index (χ1n) is 5.38. The van der Waals surface area contributed by atoms with E-state index in [1.165, 1.54) is 6.42 Å². The minimum atomic E-state index is -4.00. The number of thioether (sulfide) groups is 1. The second kappa shape index (κ2) is 5.99. The van der Waals surface area contributed by atoms with Crippen molar-refractivity contribution in [3.05, 3.63) is 0 Å². The molecule has 15 heavy (non-hydrogen) atoms. The molecule has 0 aliphatic carbocycles. The molecule has 1 N–H and O–H groups in total. The van der Waals surface area contributed by atoms with Gasteiger partial charge in [0.2, 0.25) is 0 Å². The van der Waals surface area contributed by atoms with Gasteiger partial charge in [0.25, 0.3) is 0 Å². The van der Waals surface area contributed by atoms with Gasteiger partial charge in [0.1, 0.15) is 0 Å². The predicted molar refractivity (Wildman–Crippen MR) is 58.2 cm³/mol. The summed E-state index contributed by atoms with van der Waals surface area (Å²) in [4.78, 5) is 0. The summed E-state index contributed by atoms with van der Waals surface area (Å²) in [6.45, 7) is 0. The molecule has 0 spiro atoms. The average Bonchev–Trinajstić information content (AvgIpc) is 2.63. The van der Waals surface area contributed by atoms with E-state index < -0.39 is 12.6 Å². The minimum Gasteiger partial charge on any atom is -0.316 e. The highest BCUT2D eigenvalue weighted by Gasteiger charge is 2.29. The van der Waals surface area contributed by atoms with Gasteiger partial charge in [0.05, 0.1) is 0 Å². The van der Waals surface area contributed by atoms with Crippen molar-refractivity contribution >= 4 is 11.8 Å². The Morgan fingerprint density at radius 2 is 2.20 bits per heavy atom. The van der Waals surface area contributed by atoms with Crippen LogP contribution in [0.3, 0.4) is 0 Å². The molecule has 5 heteroatoms. The van der Waals surface area contributed by atoms with Gasteiger partial charge >= 0.3 is 6.18 Å². The van der Waals surface area contributed by atoms with Crippen LogP contribution in [-0.2, 0) is 0 Å². The van der Waals surface area contributed by atoms with E-state index in [0.29, 0.717) is 11.7 Å². The van der Waals surface area contributed by atoms with Crippen LogP contribution in [0.2, 0.25) is 0 Å². The van der Waals surface area contributed by atoms with E-state index in [-0.39, 0.29) is 12.5 Å². The first-order chi connectivity index (χ1) is 7.03.